The average Bonchev–Trinajstić information content (AvgIpc) is 2.60. The normalized spacial score (nSPS) is 40.3. The molecular formula is C15H21NO2. The van der Waals surface area contributed by atoms with Gasteiger partial charge in [0.05, 0.1) is 0 Å². The summed E-state index contributed by atoms with van der Waals surface area (Å²) in [5.74, 6) is 0.0150. The van der Waals surface area contributed by atoms with Gasteiger partial charge in [-0.15, -0.1) is 0 Å². The van der Waals surface area contributed by atoms with Crippen LogP contribution < -0.4 is 0 Å². The number of carbonyl (C=O) groups excluding carboxylic acids is 1. The van der Waals surface area contributed by atoms with Gasteiger partial charge in [-0.1, -0.05) is 27.4 Å². The first kappa shape index (κ1) is 13.1. The first-order valence-corrected chi connectivity index (χ1v) is 6.50. The highest BCUT2D eigenvalue weighted by Gasteiger charge is 2.71. The van der Waals surface area contributed by atoms with Crippen LogP contribution in [0.4, 0.5) is 0 Å². The third-order valence-electron chi connectivity index (χ3n) is 5.66. The van der Waals surface area contributed by atoms with E-state index in [1.807, 2.05) is 0 Å². The summed E-state index contributed by atoms with van der Waals surface area (Å²) in [4.78, 5) is 11.8. The molecule has 3 atom stereocenters. The first-order chi connectivity index (χ1) is 8.20. The van der Waals surface area contributed by atoms with Crippen LogP contribution in [0.3, 0.4) is 0 Å². The highest BCUT2D eigenvalue weighted by molar-refractivity contribution is 5.87. The zero-order valence-electron chi connectivity index (χ0n) is 11.7. The number of esters is 1. The molecule has 3 nitrogen and oxygen atoms in total. The van der Waals surface area contributed by atoms with E-state index in [9.17, 15) is 10.1 Å². The summed E-state index contributed by atoms with van der Waals surface area (Å²) in [5, 5.41) is 9.61. The Bertz CT molecular complexity index is 460. The maximum atomic E-state index is 11.8. The minimum atomic E-state index is -0.977. The Hall–Kier alpha value is -1.30. The summed E-state index contributed by atoms with van der Waals surface area (Å²) in [5.41, 5.74) is -0.841. The van der Waals surface area contributed by atoms with Crippen LogP contribution in [0.2, 0.25) is 0 Å². The summed E-state index contributed by atoms with van der Waals surface area (Å²) in [6, 6.07) is 2.31. The third-order valence-corrected chi connectivity index (χ3v) is 5.66. The fourth-order valence-electron chi connectivity index (χ4n) is 3.84. The molecule has 0 aliphatic heterocycles. The topological polar surface area (TPSA) is 50.1 Å². The molecule has 0 aromatic heterocycles. The number of ether oxygens (including phenoxy) is 1. The van der Waals surface area contributed by atoms with Crippen LogP contribution in [-0.4, -0.2) is 11.6 Å². The third kappa shape index (κ3) is 1.32. The standard InChI is InChI=1S/C15H21NO2/c1-10(2)12(17)18-15(9-16)8-11-6-7-14(15,5)13(11,3)4/h11H,1,6-8H2,2-5H3. The fraction of sp³-hybridized carbons (Fsp3) is 0.733. The lowest BCUT2D eigenvalue weighted by Gasteiger charge is -2.43. The molecule has 18 heavy (non-hydrogen) atoms. The summed E-state index contributed by atoms with van der Waals surface area (Å²) in [6.45, 7) is 11.7. The van der Waals surface area contributed by atoms with E-state index in [0.717, 1.165) is 12.8 Å². The van der Waals surface area contributed by atoms with Crippen molar-refractivity contribution >= 4 is 5.97 Å². The smallest absolute Gasteiger partial charge is 0.334 e. The molecule has 2 aliphatic carbocycles. The molecule has 0 radical (unpaired) electrons. The van der Waals surface area contributed by atoms with Crippen molar-refractivity contribution in [2.45, 2.75) is 52.6 Å². The van der Waals surface area contributed by atoms with Gasteiger partial charge in [0, 0.05) is 17.4 Å². The lowest BCUT2D eigenvalue weighted by Crippen LogP contribution is -2.49. The zero-order valence-corrected chi connectivity index (χ0v) is 11.7. The van der Waals surface area contributed by atoms with Crippen LogP contribution in [0, 0.1) is 28.1 Å². The second kappa shape index (κ2) is 3.60. The number of rotatable bonds is 2. The molecule has 0 aromatic rings. The molecule has 0 heterocycles. The summed E-state index contributed by atoms with van der Waals surface area (Å²) in [6.07, 6.45) is 2.73. The molecule has 0 amide bonds. The summed E-state index contributed by atoms with van der Waals surface area (Å²) in [7, 11) is 0. The number of nitriles is 1. The molecule has 2 saturated carbocycles. The van der Waals surface area contributed by atoms with E-state index < -0.39 is 11.6 Å². The van der Waals surface area contributed by atoms with Gasteiger partial charge in [-0.3, -0.25) is 0 Å². The van der Waals surface area contributed by atoms with Crippen molar-refractivity contribution in [3.63, 3.8) is 0 Å². The zero-order chi connectivity index (χ0) is 13.8. The quantitative estimate of drug-likeness (QED) is 0.556. The lowest BCUT2D eigenvalue weighted by atomic mass is 9.65. The van der Waals surface area contributed by atoms with E-state index in [1.54, 1.807) is 6.92 Å². The van der Waals surface area contributed by atoms with Crippen molar-refractivity contribution < 1.29 is 9.53 Å². The van der Waals surface area contributed by atoms with Crippen LogP contribution >= 0.6 is 0 Å². The maximum absolute atomic E-state index is 11.8. The highest BCUT2D eigenvalue weighted by atomic mass is 16.6. The van der Waals surface area contributed by atoms with Crippen LogP contribution in [0.25, 0.3) is 0 Å². The van der Waals surface area contributed by atoms with Crippen molar-refractivity contribution in [3.05, 3.63) is 12.2 Å². The molecule has 2 aliphatic rings. The maximum Gasteiger partial charge on any atom is 0.334 e. The van der Waals surface area contributed by atoms with Gasteiger partial charge in [0.2, 0.25) is 5.60 Å². The summed E-state index contributed by atoms with van der Waals surface area (Å²) < 4.78 is 5.58. The largest absolute Gasteiger partial charge is 0.440 e. The number of hydrogen-bond donors (Lipinski definition) is 0. The predicted molar refractivity (Wildman–Crippen MR) is 68.5 cm³/mol. The molecule has 3 unspecified atom stereocenters. The molecular weight excluding hydrogens is 226 g/mol. The molecule has 0 N–H and O–H groups in total. The molecule has 0 spiro atoms. The van der Waals surface area contributed by atoms with E-state index in [-0.39, 0.29) is 10.8 Å². The molecule has 0 aromatic carbocycles. The van der Waals surface area contributed by atoms with E-state index in [1.165, 1.54) is 0 Å². The number of nitrogens with zero attached hydrogens (tertiary/aromatic N) is 1. The Morgan fingerprint density at radius 2 is 2.06 bits per heavy atom. The van der Waals surface area contributed by atoms with Crippen molar-refractivity contribution in [3.8, 4) is 6.07 Å². The van der Waals surface area contributed by atoms with Crippen LogP contribution in [0.5, 0.6) is 0 Å². The summed E-state index contributed by atoms with van der Waals surface area (Å²) >= 11 is 0. The minimum absolute atomic E-state index is 0.0398. The van der Waals surface area contributed by atoms with Crippen molar-refractivity contribution in [1.29, 1.82) is 5.26 Å². The number of carbonyl (C=O) groups is 1. The van der Waals surface area contributed by atoms with E-state index >= 15 is 0 Å². The molecule has 3 heteroatoms. The molecule has 2 rings (SSSR count). The van der Waals surface area contributed by atoms with Gasteiger partial charge in [0.15, 0.2) is 0 Å². The monoisotopic (exact) mass is 247 g/mol. The number of hydrogen-bond acceptors (Lipinski definition) is 3. The molecule has 2 fully saturated rings. The van der Waals surface area contributed by atoms with Crippen LogP contribution in [0.15, 0.2) is 12.2 Å². The Morgan fingerprint density at radius 3 is 2.39 bits per heavy atom. The van der Waals surface area contributed by atoms with Crippen molar-refractivity contribution in [2.24, 2.45) is 16.7 Å². The van der Waals surface area contributed by atoms with E-state index in [4.69, 9.17) is 4.74 Å². The Morgan fingerprint density at radius 1 is 1.44 bits per heavy atom. The van der Waals surface area contributed by atoms with Crippen LogP contribution in [0.1, 0.15) is 47.0 Å². The predicted octanol–water partition coefficient (Wildman–Crippen LogP) is 3.21. The van der Waals surface area contributed by atoms with Crippen molar-refractivity contribution in [2.75, 3.05) is 0 Å². The Balaban J connectivity index is 2.40. The highest BCUT2D eigenvalue weighted by Crippen LogP contribution is 2.70. The van der Waals surface area contributed by atoms with E-state index in [2.05, 4.69) is 33.4 Å². The minimum Gasteiger partial charge on any atom is -0.440 e. The van der Waals surface area contributed by atoms with Gasteiger partial charge in [-0.2, -0.15) is 5.26 Å². The Kier molecular flexibility index (Phi) is 2.63. The SMILES string of the molecule is C=C(C)C(=O)OC1(C#N)CC2CCC1(C)C2(C)C. The van der Waals surface area contributed by atoms with Gasteiger partial charge in [0.1, 0.15) is 6.07 Å². The second-order valence-corrected chi connectivity index (χ2v) is 6.60. The van der Waals surface area contributed by atoms with Gasteiger partial charge in [-0.05, 0) is 31.1 Å². The fourth-order valence-corrected chi connectivity index (χ4v) is 3.84. The average molecular weight is 247 g/mol. The van der Waals surface area contributed by atoms with Crippen molar-refractivity contribution in [1.82, 2.24) is 0 Å². The first-order valence-electron chi connectivity index (χ1n) is 6.50. The van der Waals surface area contributed by atoms with Crippen LogP contribution in [-0.2, 0) is 9.53 Å². The van der Waals surface area contributed by atoms with E-state index in [0.29, 0.717) is 17.9 Å². The van der Waals surface area contributed by atoms with Gasteiger partial charge < -0.3 is 4.74 Å². The van der Waals surface area contributed by atoms with Gasteiger partial charge in [0.25, 0.3) is 0 Å². The molecule has 2 bridgehead atoms. The molecule has 0 saturated heterocycles. The number of fused-ring (bicyclic) bond motifs is 2. The van der Waals surface area contributed by atoms with Gasteiger partial charge in [-0.25, -0.2) is 4.79 Å². The Labute approximate surface area is 109 Å². The second-order valence-electron chi connectivity index (χ2n) is 6.60. The van der Waals surface area contributed by atoms with Gasteiger partial charge >= 0.3 is 5.97 Å². The molecule has 98 valence electrons. The lowest BCUT2D eigenvalue weighted by molar-refractivity contribution is -0.162.